The minimum atomic E-state index is -0.243. The molecule has 0 atom stereocenters. The van der Waals surface area contributed by atoms with Crippen LogP contribution in [0, 0.1) is 5.82 Å². The number of ether oxygens (including phenoxy) is 2. The molecule has 2 aromatic rings. The number of benzene rings is 2. The Hall–Kier alpha value is -2.76. The lowest BCUT2D eigenvalue weighted by molar-refractivity contribution is 0.241. The molecule has 0 bridgehead atoms. The molecule has 2 aliphatic rings. The molecule has 0 saturated heterocycles. The predicted molar refractivity (Wildman–Crippen MR) is 100 cm³/mol. The molecule has 0 unspecified atom stereocenters. The van der Waals surface area contributed by atoms with Gasteiger partial charge in [0.1, 0.15) is 17.3 Å². The first-order valence-corrected chi connectivity index (χ1v) is 9.40. The fraction of sp³-hybridized carbons (Fsp3) is 0.381. The molecule has 0 aromatic heterocycles. The van der Waals surface area contributed by atoms with Crippen molar-refractivity contribution in [1.29, 1.82) is 0 Å². The van der Waals surface area contributed by atoms with Gasteiger partial charge >= 0.3 is 6.03 Å². The number of halogens is 1. The van der Waals surface area contributed by atoms with Gasteiger partial charge in [0.2, 0.25) is 0 Å². The van der Waals surface area contributed by atoms with Crippen molar-refractivity contribution >= 4 is 6.03 Å². The number of fused-ring (bicyclic) bond motifs is 2. The second-order valence-electron chi connectivity index (χ2n) is 6.79. The molecule has 0 saturated carbocycles. The van der Waals surface area contributed by atoms with Crippen LogP contribution in [-0.2, 0) is 25.7 Å². The lowest BCUT2D eigenvalue weighted by Gasteiger charge is -2.13. The molecule has 4 rings (SSSR count). The van der Waals surface area contributed by atoms with Crippen LogP contribution in [0.25, 0.3) is 0 Å². The lowest BCUT2D eigenvalue weighted by Crippen LogP contribution is -2.37. The van der Waals surface area contributed by atoms with Crippen LogP contribution in [0.1, 0.15) is 22.3 Å². The number of hydrogen-bond donors (Lipinski definition) is 2. The summed E-state index contributed by atoms with van der Waals surface area (Å²) in [6, 6.07) is 8.46. The molecule has 2 N–H and O–H groups in total. The molecule has 0 fully saturated rings. The van der Waals surface area contributed by atoms with Crippen molar-refractivity contribution in [2.24, 2.45) is 0 Å². The maximum Gasteiger partial charge on any atom is 0.314 e. The molecule has 2 heterocycles. The standard InChI is InChI=1S/C21H23FN2O3/c22-18-4-2-1-3-14(18)5-9-23-21(25)24-10-6-17-16-8-12-26-19(16)13-15-7-11-27-20(15)17/h1-4,13H,5-12H2,(H2,23,24,25). The average Bonchev–Trinajstić information content (AvgIpc) is 3.31. The Bertz CT molecular complexity index is 821. The summed E-state index contributed by atoms with van der Waals surface area (Å²) < 4.78 is 25.1. The molecule has 27 heavy (non-hydrogen) atoms. The summed E-state index contributed by atoms with van der Waals surface area (Å²) in [5.41, 5.74) is 4.16. The van der Waals surface area contributed by atoms with Gasteiger partial charge in [0.15, 0.2) is 0 Å². The molecule has 2 amide bonds. The minimum absolute atomic E-state index is 0.242. The van der Waals surface area contributed by atoms with Crippen LogP contribution in [0.5, 0.6) is 11.5 Å². The normalized spacial score (nSPS) is 14.1. The number of rotatable bonds is 6. The molecule has 5 nitrogen and oxygen atoms in total. The van der Waals surface area contributed by atoms with Crippen molar-refractivity contribution < 1.29 is 18.7 Å². The third-order valence-corrected chi connectivity index (χ3v) is 5.06. The third-order valence-electron chi connectivity index (χ3n) is 5.06. The fourth-order valence-corrected chi connectivity index (χ4v) is 3.72. The van der Waals surface area contributed by atoms with Crippen molar-refractivity contribution in [3.63, 3.8) is 0 Å². The Morgan fingerprint density at radius 3 is 2.67 bits per heavy atom. The van der Waals surface area contributed by atoms with Crippen LogP contribution in [0.3, 0.4) is 0 Å². The highest BCUT2D eigenvalue weighted by Crippen LogP contribution is 2.40. The topological polar surface area (TPSA) is 59.6 Å². The van der Waals surface area contributed by atoms with Gasteiger partial charge in [0, 0.05) is 42.6 Å². The number of carbonyl (C=O) groups is 1. The van der Waals surface area contributed by atoms with Crippen molar-refractivity contribution in [3.8, 4) is 11.5 Å². The van der Waals surface area contributed by atoms with Gasteiger partial charge in [-0.1, -0.05) is 18.2 Å². The van der Waals surface area contributed by atoms with Crippen LogP contribution in [0.2, 0.25) is 0 Å². The van der Waals surface area contributed by atoms with Gasteiger partial charge in [0.05, 0.1) is 13.2 Å². The Balaban J connectivity index is 1.28. The van der Waals surface area contributed by atoms with Gasteiger partial charge in [-0.25, -0.2) is 9.18 Å². The smallest absolute Gasteiger partial charge is 0.314 e. The lowest BCUT2D eigenvalue weighted by atomic mass is 9.97. The van der Waals surface area contributed by atoms with Crippen LogP contribution in [-0.4, -0.2) is 32.3 Å². The number of carbonyl (C=O) groups excluding carboxylic acids is 1. The highest BCUT2D eigenvalue weighted by Gasteiger charge is 2.26. The van der Waals surface area contributed by atoms with E-state index >= 15 is 0 Å². The van der Waals surface area contributed by atoms with E-state index in [9.17, 15) is 9.18 Å². The second kappa shape index (κ2) is 7.86. The Morgan fingerprint density at radius 1 is 1.04 bits per heavy atom. The zero-order valence-corrected chi connectivity index (χ0v) is 15.1. The van der Waals surface area contributed by atoms with E-state index in [0.717, 1.165) is 29.9 Å². The Morgan fingerprint density at radius 2 is 1.81 bits per heavy atom. The van der Waals surface area contributed by atoms with E-state index < -0.39 is 0 Å². The van der Waals surface area contributed by atoms with Gasteiger partial charge in [-0.15, -0.1) is 0 Å². The van der Waals surface area contributed by atoms with E-state index in [0.29, 0.717) is 44.7 Å². The van der Waals surface area contributed by atoms with Crippen LogP contribution >= 0.6 is 0 Å². The largest absolute Gasteiger partial charge is 0.493 e. The molecule has 2 aliphatic heterocycles. The molecule has 0 spiro atoms. The summed E-state index contributed by atoms with van der Waals surface area (Å²) in [6.45, 7) is 2.31. The van der Waals surface area contributed by atoms with Gasteiger partial charge < -0.3 is 20.1 Å². The predicted octanol–water partition coefficient (Wildman–Crippen LogP) is 2.78. The van der Waals surface area contributed by atoms with Crippen molar-refractivity contribution in [3.05, 3.63) is 58.4 Å². The highest BCUT2D eigenvalue weighted by atomic mass is 19.1. The third kappa shape index (κ3) is 3.84. The van der Waals surface area contributed by atoms with Gasteiger partial charge in [0.25, 0.3) is 0 Å². The second-order valence-corrected chi connectivity index (χ2v) is 6.79. The van der Waals surface area contributed by atoms with Gasteiger partial charge in [-0.05, 0) is 30.5 Å². The van der Waals surface area contributed by atoms with E-state index in [2.05, 4.69) is 16.7 Å². The first-order chi connectivity index (χ1) is 13.2. The molecular formula is C21H23FN2O3. The Kier molecular flexibility index (Phi) is 5.14. The monoisotopic (exact) mass is 370 g/mol. The quantitative estimate of drug-likeness (QED) is 0.822. The molecule has 6 heteroatoms. The molecule has 0 aliphatic carbocycles. The number of amides is 2. The summed E-state index contributed by atoms with van der Waals surface area (Å²) in [5, 5.41) is 5.65. The fourth-order valence-electron chi connectivity index (χ4n) is 3.72. The molecule has 2 aromatic carbocycles. The highest BCUT2D eigenvalue weighted by molar-refractivity contribution is 5.73. The van der Waals surface area contributed by atoms with Crippen LogP contribution in [0.15, 0.2) is 30.3 Å². The van der Waals surface area contributed by atoms with Crippen LogP contribution in [0.4, 0.5) is 9.18 Å². The maximum atomic E-state index is 13.6. The first-order valence-electron chi connectivity index (χ1n) is 9.40. The molecular weight excluding hydrogens is 347 g/mol. The summed E-state index contributed by atoms with van der Waals surface area (Å²) >= 11 is 0. The molecule has 0 radical (unpaired) electrons. The number of hydrogen-bond acceptors (Lipinski definition) is 3. The van der Waals surface area contributed by atoms with Gasteiger partial charge in [-0.3, -0.25) is 0 Å². The summed E-state index contributed by atoms with van der Waals surface area (Å²) in [7, 11) is 0. The van der Waals surface area contributed by atoms with Gasteiger partial charge in [-0.2, -0.15) is 0 Å². The van der Waals surface area contributed by atoms with E-state index in [1.165, 1.54) is 17.2 Å². The zero-order chi connectivity index (χ0) is 18.6. The van der Waals surface area contributed by atoms with E-state index in [-0.39, 0.29) is 11.8 Å². The SMILES string of the molecule is O=C(NCCc1ccccc1F)NCCc1c2c(cc3c1OCC3)OCC2. The Labute approximate surface area is 157 Å². The van der Waals surface area contributed by atoms with Crippen molar-refractivity contribution in [2.75, 3.05) is 26.3 Å². The number of urea groups is 1. The summed E-state index contributed by atoms with van der Waals surface area (Å²) in [5.74, 6) is 1.69. The van der Waals surface area contributed by atoms with E-state index in [4.69, 9.17) is 9.47 Å². The zero-order valence-electron chi connectivity index (χ0n) is 15.1. The van der Waals surface area contributed by atoms with E-state index in [1.54, 1.807) is 18.2 Å². The van der Waals surface area contributed by atoms with Crippen molar-refractivity contribution in [1.82, 2.24) is 10.6 Å². The van der Waals surface area contributed by atoms with E-state index in [1.807, 2.05) is 0 Å². The average molecular weight is 370 g/mol. The molecule has 142 valence electrons. The minimum Gasteiger partial charge on any atom is -0.493 e. The maximum absolute atomic E-state index is 13.6. The summed E-state index contributed by atoms with van der Waals surface area (Å²) in [6.07, 6.45) is 2.96. The number of nitrogens with one attached hydrogen (secondary N) is 2. The summed E-state index contributed by atoms with van der Waals surface area (Å²) in [4.78, 5) is 12.0. The first kappa shape index (κ1) is 17.6. The van der Waals surface area contributed by atoms with Crippen molar-refractivity contribution in [2.45, 2.75) is 25.7 Å². The van der Waals surface area contributed by atoms with Crippen LogP contribution < -0.4 is 20.1 Å².